The van der Waals surface area contributed by atoms with Gasteiger partial charge >= 0.3 is 0 Å². The molecule has 1 amide bonds. The number of nitrogen functional groups attached to an aromatic ring is 1. The molecule has 1 atom stereocenters. The number of carbonyl (C=O) groups excluding carboxylic acids is 1. The lowest BCUT2D eigenvalue weighted by atomic mass is 10.2. The van der Waals surface area contributed by atoms with Crippen molar-refractivity contribution in [1.82, 2.24) is 10.0 Å². The summed E-state index contributed by atoms with van der Waals surface area (Å²) in [7, 11) is -3.86. The number of benzene rings is 1. The molecule has 1 rings (SSSR count). The van der Waals surface area contributed by atoms with Crippen LogP contribution >= 0.6 is 0 Å². The van der Waals surface area contributed by atoms with Crippen LogP contribution in [0.4, 0.5) is 10.1 Å². The Morgan fingerprint density at radius 1 is 1.43 bits per heavy atom. The molecule has 0 aliphatic carbocycles. The summed E-state index contributed by atoms with van der Waals surface area (Å²) in [5, 5.41) is 2.73. The maximum absolute atomic E-state index is 12.9. The average molecular weight is 317 g/mol. The van der Waals surface area contributed by atoms with E-state index in [1.807, 2.05) is 13.8 Å². The van der Waals surface area contributed by atoms with Crippen LogP contribution in [0.25, 0.3) is 0 Å². The molecule has 0 saturated heterocycles. The number of amides is 1. The van der Waals surface area contributed by atoms with Crippen molar-refractivity contribution in [3.8, 4) is 0 Å². The van der Waals surface area contributed by atoms with E-state index in [4.69, 9.17) is 5.73 Å². The molecular weight excluding hydrogens is 297 g/mol. The van der Waals surface area contributed by atoms with Crippen LogP contribution in [0.3, 0.4) is 0 Å². The fraction of sp³-hybridized carbons (Fsp3) is 0.462. The van der Waals surface area contributed by atoms with Crippen molar-refractivity contribution >= 4 is 21.6 Å². The second kappa shape index (κ2) is 7.37. The lowest BCUT2D eigenvalue weighted by Crippen LogP contribution is -2.35. The quantitative estimate of drug-likeness (QED) is 0.653. The average Bonchev–Trinajstić information content (AvgIpc) is 2.37. The van der Waals surface area contributed by atoms with Crippen molar-refractivity contribution < 1.29 is 17.6 Å². The summed E-state index contributed by atoms with van der Waals surface area (Å²) in [6, 6.07) is 3.08. The van der Waals surface area contributed by atoms with Crippen LogP contribution in [-0.4, -0.2) is 26.9 Å². The largest absolute Gasteiger partial charge is 0.398 e. The van der Waals surface area contributed by atoms with Gasteiger partial charge in [0.05, 0.1) is 5.69 Å². The maximum Gasteiger partial charge on any atom is 0.242 e. The van der Waals surface area contributed by atoms with Gasteiger partial charge in [-0.1, -0.05) is 6.92 Å². The standard InChI is InChI=1S/C13H20FN3O3S/c1-3-9(2)17-13(18)6-7-16-21(19,20)12-5-4-10(14)8-11(12)15/h4-5,8-9,16H,3,6-7,15H2,1-2H3,(H,17,18). The molecule has 0 radical (unpaired) electrons. The molecule has 1 aromatic carbocycles. The smallest absolute Gasteiger partial charge is 0.242 e. The van der Waals surface area contributed by atoms with E-state index in [2.05, 4.69) is 10.0 Å². The molecule has 118 valence electrons. The Morgan fingerprint density at radius 2 is 2.10 bits per heavy atom. The Labute approximate surface area is 124 Å². The third-order valence-electron chi connectivity index (χ3n) is 2.93. The third-order valence-corrected chi connectivity index (χ3v) is 4.46. The molecule has 8 heteroatoms. The fourth-order valence-electron chi connectivity index (χ4n) is 1.59. The Hall–Kier alpha value is -1.67. The number of hydrogen-bond acceptors (Lipinski definition) is 4. The zero-order valence-corrected chi connectivity index (χ0v) is 12.8. The molecule has 0 fully saturated rings. The molecule has 0 aliphatic heterocycles. The number of nitrogens with two attached hydrogens (primary N) is 1. The van der Waals surface area contributed by atoms with Crippen LogP contribution in [0, 0.1) is 5.82 Å². The van der Waals surface area contributed by atoms with E-state index in [1.54, 1.807) is 0 Å². The molecule has 6 nitrogen and oxygen atoms in total. The lowest BCUT2D eigenvalue weighted by Gasteiger charge is -2.12. The van der Waals surface area contributed by atoms with Gasteiger partial charge in [0, 0.05) is 19.0 Å². The van der Waals surface area contributed by atoms with Crippen LogP contribution in [0.1, 0.15) is 26.7 Å². The van der Waals surface area contributed by atoms with Crippen LogP contribution in [0.5, 0.6) is 0 Å². The Morgan fingerprint density at radius 3 is 2.67 bits per heavy atom. The van der Waals surface area contributed by atoms with E-state index in [0.29, 0.717) is 0 Å². The summed E-state index contributed by atoms with van der Waals surface area (Å²) >= 11 is 0. The van der Waals surface area contributed by atoms with E-state index in [1.165, 1.54) is 0 Å². The zero-order valence-electron chi connectivity index (χ0n) is 12.0. The minimum atomic E-state index is -3.86. The van der Waals surface area contributed by atoms with Gasteiger partial charge in [-0.05, 0) is 31.5 Å². The van der Waals surface area contributed by atoms with Crippen LogP contribution in [-0.2, 0) is 14.8 Å². The number of anilines is 1. The molecule has 21 heavy (non-hydrogen) atoms. The summed E-state index contributed by atoms with van der Waals surface area (Å²) in [5.41, 5.74) is 5.31. The number of sulfonamides is 1. The molecule has 0 bridgehead atoms. The highest BCUT2D eigenvalue weighted by Crippen LogP contribution is 2.18. The number of rotatable bonds is 7. The normalized spacial score (nSPS) is 12.9. The van der Waals surface area contributed by atoms with Gasteiger partial charge in [-0.25, -0.2) is 17.5 Å². The van der Waals surface area contributed by atoms with E-state index >= 15 is 0 Å². The summed E-state index contributed by atoms with van der Waals surface area (Å²) in [6.45, 7) is 3.74. The van der Waals surface area contributed by atoms with E-state index in [9.17, 15) is 17.6 Å². The van der Waals surface area contributed by atoms with Gasteiger partial charge in [-0.3, -0.25) is 4.79 Å². The lowest BCUT2D eigenvalue weighted by molar-refractivity contribution is -0.121. The Balaban J connectivity index is 2.60. The first-order valence-corrected chi connectivity index (χ1v) is 8.08. The van der Waals surface area contributed by atoms with Gasteiger partial charge in [0.15, 0.2) is 0 Å². The first kappa shape index (κ1) is 17.4. The topological polar surface area (TPSA) is 101 Å². The Bertz CT molecular complexity index is 605. The van der Waals surface area contributed by atoms with E-state index < -0.39 is 15.8 Å². The van der Waals surface area contributed by atoms with Crippen molar-refractivity contribution in [1.29, 1.82) is 0 Å². The summed E-state index contributed by atoms with van der Waals surface area (Å²) in [4.78, 5) is 11.3. The first-order chi connectivity index (χ1) is 9.76. The second-order valence-electron chi connectivity index (χ2n) is 4.71. The van der Waals surface area contributed by atoms with Gasteiger partial charge in [0.2, 0.25) is 15.9 Å². The van der Waals surface area contributed by atoms with Crippen LogP contribution in [0.15, 0.2) is 23.1 Å². The molecule has 0 spiro atoms. The van der Waals surface area contributed by atoms with Gasteiger partial charge in [-0.2, -0.15) is 0 Å². The molecule has 0 heterocycles. The third kappa shape index (κ3) is 5.31. The molecule has 1 unspecified atom stereocenters. The highest BCUT2D eigenvalue weighted by atomic mass is 32.2. The van der Waals surface area contributed by atoms with E-state index in [0.717, 1.165) is 24.6 Å². The predicted molar refractivity (Wildman–Crippen MR) is 78.5 cm³/mol. The minimum Gasteiger partial charge on any atom is -0.398 e. The van der Waals surface area contributed by atoms with Gasteiger partial charge in [0.1, 0.15) is 10.7 Å². The zero-order chi connectivity index (χ0) is 16.0. The van der Waals surface area contributed by atoms with Crippen LogP contribution in [0.2, 0.25) is 0 Å². The van der Waals surface area contributed by atoms with Crippen molar-refractivity contribution in [3.63, 3.8) is 0 Å². The van der Waals surface area contributed by atoms with Crippen molar-refractivity contribution in [2.45, 2.75) is 37.6 Å². The molecular formula is C13H20FN3O3S. The molecule has 4 N–H and O–H groups in total. The summed E-state index contributed by atoms with van der Waals surface area (Å²) < 4.78 is 39.1. The molecule has 0 aliphatic rings. The highest BCUT2D eigenvalue weighted by molar-refractivity contribution is 7.89. The summed E-state index contributed by atoms with van der Waals surface area (Å²) in [5.74, 6) is -0.849. The SMILES string of the molecule is CCC(C)NC(=O)CCNS(=O)(=O)c1ccc(F)cc1N. The van der Waals surface area contributed by atoms with E-state index in [-0.39, 0.29) is 35.5 Å². The van der Waals surface area contributed by atoms with Crippen molar-refractivity contribution in [2.75, 3.05) is 12.3 Å². The van der Waals surface area contributed by atoms with Crippen LogP contribution < -0.4 is 15.8 Å². The molecule has 0 saturated carbocycles. The van der Waals surface area contributed by atoms with Crippen molar-refractivity contribution in [3.05, 3.63) is 24.0 Å². The van der Waals surface area contributed by atoms with Crippen molar-refractivity contribution in [2.24, 2.45) is 0 Å². The second-order valence-corrected chi connectivity index (χ2v) is 6.44. The number of hydrogen-bond donors (Lipinski definition) is 3. The fourth-order valence-corrected chi connectivity index (χ4v) is 2.73. The van der Waals surface area contributed by atoms with Gasteiger partial charge in [0.25, 0.3) is 0 Å². The maximum atomic E-state index is 12.9. The highest BCUT2D eigenvalue weighted by Gasteiger charge is 2.18. The number of nitrogens with one attached hydrogen (secondary N) is 2. The number of carbonyl (C=O) groups is 1. The molecule has 1 aromatic rings. The minimum absolute atomic E-state index is 0.0185. The first-order valence-electron chi connectivity index (χ1n) is 6.60. The van der Waals surface area contributed by atoms with Gasteiger partial charge < -0.3 is 11.1 Å². The molecule has 0 aromatic heterocycles. The number of halogens is 1. The predicted octanol–water partition coefficient (Wildman–Crippen LogP) is 0.991. The summed E-state index contributed by atoms with van der Waals surface area (Å²) in [6.07, 6.45) is 0.814. The monoisotopic (exact) mass is 317 g/mol. The van der Waals surface area contributed by atoms with Gasteiger partial charge in [-0.15, -0.1) is 0 Å². The Kier molecular flexibility index (Phi) is 6.10.